The van der Waals surface area contributed by atoms with Gasteiger partial charge < -0.3 is 0 Å². The fraction of sp³-hybridized carbons (Fsp3) is 0.125. The van der Waals surface area contributed by atoms with Crippen LogP contribution in [0.1, 0.15) is 18.1 Å². The lowest BCUT2D eigenvalue weighted by Gasteiger charge is -2.12. The van der Waals surface area contributed by atoms with Gasteiger partial charge in [0, 0.05) is 0 Å². The quantitative estimate of drug-likeness (QED) is 0.749. The Hall–Kier alpha value is -0.960. The second kappa shape index (κ2) is 5.79. The highest BCUT2D eigenvalue weighted by atomic mass is 31.0. The van der Waals surface area contributed by atoms with E-state index < -0.39 is 0 Å². The minimum absolute atomic E-state index is 1.07. The molecule has 0 saturated heterocycles. The largest absolute Gasteiger partial charge is 0.105 e. The Morgan fingerprint density at radius 3 is 2.22 bits per heavy atom. The molecular formula is C16H18P2. The maximum Gasteiger partial charge on any atom is -0.0106 e. The normalized spacial score (nSPS) is 10.4. The van der Waals surface area contributed by atoms with Crippen molar-refractivity contribution in [3.63, 3.8) is 0 Å². The van der Waals surface area contributed by atoms with Gasteiger partial charge in [-0.05, 0) is 39.3 Å². The molecule has 0 spiro atoms. The first-order valence-electron chi connectivity index (χ1n) is 6.07. The van der Waals surface area contributed by atoms with Crippen LogP contribution in [0.2, 0.25) is 0 Å². The maximum atomic E-state index is 3.78. The Morgan fingerprint density at radius 2 is 1.67 bits per heavy atom. The van der Waals surface area contributed by atoms with Crippen LogP contribution in [-0.2, 0) is 6.42 Å². The molecule has 0 amide bonds. The van der Waals surface area contributed by atoms with Gasteiger partial charge in [-0.15, -0.1) is 18.5 Å². The molecule has 0 fully saturated rings. The van der Waals surface area contributed by atoms with Crippen LogP contribution in [0.25, 0.3) is 17.2 Å². The van der Waals surface area contributed by atoms with Gasteiger partial charge in [0.1, 0.15) is 0 Å². The topological polar surface area (TPSA) is 0 Å². The van der Waals surface area contributed by atoms with Crippen LogP contribution in [0.5, 0.6) is 0 Å². The average molecular weight is 272 g/mol. The molecule has 0 aliphatic rings. The van der Waals surface area contributed by atoms with Gasteiger partial charge in [-0.3, -0.25) is 0 Å². The predicted octanol–water partition coefficient (Wildman–Crippen LogP) is 3.56. The Balaban J connectivity index is 2.50. The van der Waals surface area contributed by atoms with E-state index in [0.717, 1.165) is 12.0 Å². The number of benzene rings is 2. The van der Waals surface area contributed by atoms with Crippen LogP contribution in [0.3, 0.4) is 0 Å². The smallest absolute Gasteiger partial charge is 0.0106 e. The zero-order chi connectivity index (χ0) is 13.1. The standard InChI is InChI=1S/C16H18P2/c1-3-11-5-7-13(8-6-11)14-10-9-12(4-2)15(17)16(14)18/h3,5-10H,1,4,17-18H2,2H3. The molecule has 0 nitrogen and oxygen atoms in total. The lowest BCUT2D eigenvalue weighted by molar-refractivity contribution is 1.16. The van der Waals surface area contributed by atoms with E-state index in [2.05, 4.69) is 68.4 Å². The second-order valence-electron chi connectivity index (χ2n) is 4.28. The van der Waals surface area contributed by atoms with Crippen LogP contribution in [0, 0.1) is 0 Å². The number of hydrogen-bond donors (Lipinski definition) is 0. The fourth-order valence-corrected chi connectivity index (χ4v) is 2.94. The van der Waals surface area contributed by atoms with Crippen LogP contribution in [-0.4, -0.2) is 0 Å². The van der Waals surface area contributed by atoms with Gasteiger partial charge in [-0.2, -0.15) is 0 Å². The van der Waals surface area contributed by atoms with Crippen molar-refractivity contribution in [1.29, 1.82) is 0 Å². The van der Waals surface area contributed by atoms with Crippen LogP contribution < -0.4 is 10.6 Å². The lowest BCUT2D eigenvalue weighted by atomic mass is 10.0. The summed E-state index contributed by atoms with van der Waals surface area (Å²) in [4.78, 5) is 0. The van der Waals surface area contributed by atoms with Gasteiger partial charge in [0.2, 0.25) is 0 Å². The first-order valence-corrected chi connectivity index (χ1v) is 7.22. The summed E-state index contributed by atoms with van der Waals surface area (Å²) in [6, 6.07) is 12.9. The van der Waals surface area contributed by atoms with E-state index in [4.69, 9.17) is 0 Å². The molecule has 0 radical (unpaired) electrons. The van der Waals surface area contributed by atoms with Gasteiger partial charge in [0.25, 0.3) is 0 Å². The molecule has 0 N–H and O–H groups in total. The van der Waals surface area contributed by atoms with Crippen LogP contribution >= 0.6 is 18.5 Å². The highest BCUT2D eigenvalue weighted by Gasteiger charge is 2.07. The molecule has 2 atom stereocenters. The SMILES string of the molecule is C=Cc1ccc(-c2ccc(CC)c(P)c2P)cc1. The van der Waals surface area contributed by atoms with E-state index in [0.29, 0.717) is 0 Å². The maximum absolute atomic E-state index is 3.78. The fourth-order valence-electron chi connectivity index (χ4n) is 2.04. The van der Waals surface area contributed by atoms with Crippen LogP contribution in [0.15, 0.2) is 43.0 Å². The minimum Gasteiger partial charge on any atom is -0.105 e. The highest BCUT2D eigenvalue weighted by molar-refractivity contribution is 7.36. The van der Waals surface area contributed by atoms with Crippen molar-refractivity contribution in [2.24, 2.45) is 0 Å². The van der Waals surface area contributed by atoms with Crippen molar-refractivity contribution >= 4 is 35.2 Å². The van der Waals surface area contributed by atoms with Crippen molar-refractivity contribution in [3.8, 4) is 11.1 Å². The van der Waals surface area contributed by atoms with Crippen molar-refractivity contribution < 1.29 is 0 Å². The monoisotopic (exact) mass is 272 g/mol. The third-order valence-corrected chi connectivity index (χ3v) is 4.85. The first-order chi connectivity index (χ1) is 8.67. The lowest BCUT2D eigenvalue weighted by Crippen LogP contribution is -2.18. The molecule has 2 rings (SSSR count). The van der Waals surface area contributed by atoms with Gasteiger partial charge >= 0.3 is 0 Å². The molecule has 0 heterocycles. The van der Waals surface area contributed by atoms with E-state index in [1.165, 1.54) is 27.3 Å². The molecule has 18 heavy (non-hydrogen) atoms. The Bertz CT molecular complexity index is 568. The van der Waals surface area contributed by atoms with E-state index in [1.807, 2.05) is 6.08 Å². The van der Waals surface area contributed by atoms with Crippen molar-refractivity contribution in [3.05, 3.63) is 54.1 Å². The zero-order valence-corrected chi connectivity index (χ0v) is 12.9. The van der Waals surface area contributed by atoms with Gasteiger partial charge in [-0.25, -0.2) is 0 Å². The molecule has 0 bridgehead atoms. The summed E-state index contributed by atoms with van der Waals surface area (Å²) in [5, 5.41) is 2.57. The molecule has 2 aromatic rings. The molecule has 0 aliphatic carbocycles. The molecule has 2 aromatic carbocycles. The van der Waals surface area contributed by atoms with E-state index in [1.54, 1.807) is 0 Å². The summed E-state index contributed by atoms with van der Waals surface area (Å²) in [5.41, 5.74) is 5.06. The summed E-state index contributed by atoms with van der Waals surface area (Å²) in [6.07, 6.45) is 2.93. The molecule has 0 aliphatic heterocycles. The molecular weight excluding hydrogens is 254 g/mol. The Kier molecular flexibility index (Phi) is 4.33. The van der Waals surface area contributed by atoms with Gasteiger partial charge in [0.05, 0.1) is 0 Å². The number of rotatable bonds is 3. The zero-order valence-electron chi connectivity index (χ0n) is 10.6. The second-order valence-corrected chi connectivity index (χ2v) is 5.43. The van der Waals surface area contributed by atoms with E-state index in [9.17, 15) is 0 Å². The molecule has 2 unspecified atom stereocenters. The molecule has 0 aromatic heterocycles. The van der Waals surface area contributed by atoms with Crippen molar-refractivity contribution in [2.75, 3.05) is 0 Å². The summed E-state index contributed by atoms with van der Waals surface area (Å²) in [6.45, 7) is 5.97. The van der Waals surface area contributed by atoms with E-state index in [-0.39, 0.29) is 0 Å². The summed E-state index contributed by atoms with van der Waals surface area (Å²) >= 11 is 0. The molecule has 2 heteroatoms. The predicted molar refractivity (Wildman–Crippen MR) is 90.0 cm³/mol. The van der Waals surface area contributed by atoms with E-state index >= 15 is 0 Å². The van der Waals surface area contributed by atoms with Crippen molar-refractivity contribution in [2.45, 2.75) is 13.3 Å². The Labute approximate surface area is 114 Å². The summed E-state index contributed by atoms with van der Waals surface area (Å²) < 4.78 is 0. The van der Waals surface area contributed by atoms with Crippen molar-refractivity contribution in [1.82, 2.24) is 0 Å². The average Bonchev–Trinajstić information content (AvgIpc) is 2.42. The van der Waals surface area contributed by atoms with Crippen LogP contribution in [0.4, 0.5) is 0 Å². The molecule has 0 saturated carbocycles. The molecule has 92 valence electrons. The van der Waals surface area contributed by atoms with Gasteiger partial charge in [0.15, 0.2) is 0 Å². The number of hydrogen-bond acceptors (Lipinski definition) is 0. The third kappa shape index (κ3) is 2.56. The number of aryl methyl sites for hydroxylation is 1. The minimum atomic E-state index is 1.07. The third-order valence-electron chi connectivity index (χ3n) is 3.22. The van der Waals surface area contributed by atoms with Gasteiger partial charge in [-0.1, -0.05) is 56.0 Å². The summed E-state index contributed by atoms with van der Waals surface area (Å²) in [5.74, 6) is 0. The summed E-state index contributed by atoms with van der Waals surface area (Å²) in [7, 11) is 5.72. The first kappa shape index (κ1) is 13.5. The highest BCUT2D eigenvalue weighted by Crippen LogP contribution is 2.21. The Morgan fingerprint density at radius 1 is 1.00 bits per heavy atom.